The molecule has 1 aliphatic carbocycles. The van der Waals surface area contributed by atoms with Gasteiger partial charge in [0.2, 0.25) is 0 Å². The number of pyridine rings is 1. The Hall–Kier alpha value is -1.59. The predicted octanol–water partition coefficient (Wildman–Crippen LogP) is 3.90. The molecule has 1 atom stereocenters. The van der Waals surface area contributed by atoms with Crippen LogP contribution in [0.2, 0.25) is 5.02 Å². The van der Waals surface area contributed by atoms with Crippen molar-refractivity contribution in [3.8, 4) is 0 Å². The van der Waals surface area contributed by atoms with Crippen LogP contribution < -0.4 is 5.32 Å². The number of anilines is 1. The molecule has 136 valence electrons. The monoisotopic (exact) mass is 363 g/mol. The molecule has 1 saturated carbocycles. The number of aliphatic carboxylic acids is 1. The molecule has 0 amide bonds. The second-order valence-corrected chi connectivity index (χ2v) is 7.57. The molecule has 1 aromatic rings. The molecule has 0 radical (unpaired) electrons. The third-order valence-electron chi connectivity index (χ3n) is 5.14. The molecule has 1 aromatic heterocycles. The summed E-state index contributed by atoms with van der Waals surface area (Å²) in [5.41, 5.74) is 0.684. The van der Waals surface area contributed by atoms with Crippen molar-refractivity contribution in [3.63, 3.8) is 0 Å². The molecular formula is C19H26ClN3O2. The third kappa shape index (κ3) is 5.44. The maximum Gasteiger partial charge on any atom is 0.328 e. The van der Waals surface area contributed by atoms with Gasteiger partial charge in [-0.2, -0.15) is 0 Å². The van der Waals surface area contributed by atoms with Gasteiger partial charge in [-0.15, -0.1) is 0 Å². The number of carboxylic acid groups (broad SMARTS) is 1. The summed E-state index contributed by atoms with van der Waals surface area (Å²) in [6.07, 6.45) is 12.3. The van der Waals surface area contributed by atoms with Crippen molar-refractivity contribution in [3.05, 3.63) is 28.9 Å². The van der Waals surface area contributed by atoms with E-state index in [1.54, 1.807) is 12.3 Å². The van der Waals surface area contributed by atoms with Gasteiger partial charge in [0.15, 0.2) is 0 Å². The van der Waals surface area contributed by atoms with Gasteiger partial charge in [0.05, 0.1) is 5.02 Å². The predicted molar refractivity (Wildman–Crippen MR) is 101 cm³/mol. The van der Waals surface area contributed by atoms with E-state index in [0.717, 1.165) is 31.5 Å². The Morgan fingerprint density at radius 1 is 1.36 bits per heavy atom. The van der Waals surface area contributed by atoms with Crippen molar-refractivity contribution < 1.29 is 9.90 Å². The zero-order valence-corrected chi connectivity index (χ0v) is 15.2. The fourth-order valence-corrected chi connectivity index (χ4v) is 4.09. The number of carboxylic acids is 1. The smallest absolute Gasteiger partial charge is 0.328 e. The van der Waals surface area contributed by atoms with Crippen LogP contribution in [-0.2, 0) is 4.79 Å². The highest BCUT2D eigenvalue weighted by atomic mass is 35.5. The number of hydrogen-bond donors (Lipinski definition) is 2. The lowest BCUT2D eigenvalue weighted by Gasteiger charge is -2.26. The number of likely N-dealkylation sites (tertiary alicyclic amines) is 1. The fraction of sp³-hybridized carbons (Fsp3) is 0.579. The molecule has 6 heteroatoms. The Kier molecular flexibility index (Phi) is 6.32. The normalized spacial score (nSPS) is 22.5. The number of halogens is 1. The van der Waals surface area contributed by atoms with Crippen molar-refractivity contribution in [2.24, 2.45) is 5.92 Å². The summed E-state index contributed by atoms with van der Waals surface area (Å²) < 4.78 is 0. The molecule has 0 aromatic carbocycles. The molecule has 2 N–H and O–H groups in total. The van der Waals surface area contributed by atoms with Crippen LogP contribution in [0.3, 0.4) is 0 Å². The quantitative estimate of drug-likeness (QED) is 0.750. The molecule has 2 fully saturated rings. The van der Waals surface area contributed by atoms with Crippen molar-refractivity contribution >= 4 is 29.5 Å². The summed E-state index contributed by atoms with van der Waals surface area (Å²) in [6.45, 7) is 3.39. The third-order valence-corrected chi connectivity index (χ3v) is 5.42. The molecule has 1 aliphatic heterocycles. The maximum atomic E-state index is 10.6. The molecule has 0 spiro atoms. The highest BCUT2D eigenvalue weighted by molar-refractivity contribution is 6.33. The zero-order valence-electron chi connectivity index (χ0n) is 14.5. The van der Waals surface area contributed by atoms with E-state index < -0.39 is 5.97 Å². The second kappa shape index (κ2) is 8.68. The van der Waals surface area contributed by atoms with Gasteiger partial charge >= 0.3 is 5.97 Å². The van der Waals surface area contributed by atoms with E-state index in [2.05, 4.69) is 15.2 Å². The van der Waals surface area contributed by atoms with E-state index in [4.69, 9.17) is 16.7 Å². The number of carbonyl (C=O) groups is 1. The number of rotatable bonds is 6. The Balaban J connectivity index is 1.51. The molecular weight excluding hydrogens is 338 g/mol. The Labute approximate surface area is 154 Å². The largest absolute Gasteiger partial charge is 0.478 e. The first-order valence-corrected chi connectivity index (χ1v) is 9.53. The molecule has 1 saturated heterocycles. The van der Waals surface area contributed by atoms with Gasteiger partial charge in [-0.25, -0.2) is 9.78 Å². The minimum absolute atomic E-state index is 0.369. The highest BCUT2D eigenvalue weighted by Crippen LogP contribution is 2.27. The molecule has 0 bridgehead atoms. The maximum absolute atomic E-state index is 10.6. The van der Waals surface area contributed by atoms with Crippen molar-refractivity contribution in [2.45, 2.75) is 44.6 Å². The highest BCUT2D eigenvalue weighted by Gasteiger charge is 2.26. The van der Waals surface area contributed by atoms with Crippen LogP contribution >= 0.6 is 11.6 Å². The van der Waals surface area contributed by atoms with Gasteiger partial charge in [-0.3, -0.25) is 0 Å². The van der Waals surface area contributed by atoms with Gasteiger partial charge in [0.25, 0.3) is 0 Å². The number of nitrogens with one attached hydrogen (secondary N) is 1. The lowest BCUT2D eigenvalue weighted by atomic mass is 9.89. The van der Waals surface area contributed by atoms with Crippen LogP contribution in [0.25, 0.3) is 6.08 Å². The standard InChI is InChI=1S/C19H26ClN3O2/c20-17-10-15(6-7-18(24)25)11-21-19(17)22-16-8-9-23(13-16)12-14-4-2-1-3-5-14/h6-7,10-11,14,16H,1-5,8-9,12-13H2,(H,21,22)(H,24,25)/b7-6+/t16-/m1/s1. The average Bonchev–Trinajstić information content (AvgIpc) is 3.03. The minimum Gasteiger partial charge on any atom is -0.478 e. The van der Waals surface area contributed by atoms with E-state index in [0.29, 0.717) is 22.4 Å². The van der Waals surface area contributed by atoms with Crippen molar-refractivity contribution in [2.75, 3.05) is 25.0 Å². The number of hydrogen-bond acceptors (Lipinski definition) is 4. The summed E-state index contributed by atoms with van der Waals surface area (Å²) in [5.74, 6) is 0.565. The number of nitrogens with zero attached hydrogens (tertiary/aromatic N) is 2. The second-order valence-electron chi connectivity index (χ2n) is 7.16. The van der Waals surface area contributed by atoms with Crippen LogP contribution in [-0.4, -0.2) is 46.6 Å². The van der Waals surface area contributed by atoms with Crippen LogP contribution in [0.1, 0.15) is 44.1 Å². The molecule has 3 rings (SSSR count). The molecule has 2 heterocycles. The SMILES string of the molecule is O=C(O)/C=C/c1cnc(N[C@@H]2CCN(CC3CCCCC3)C2)c(Cl)c1. The van der Waals surface area contributed by atoms with E-state index in [1.165, 1.54) is 44.7 Å². The van der Waals surface area contributed by atoms with Gasteiger partial charge < -0.3 is 15.3 Å². The van der Waals surface area contributed by atoms with E-state index in [9.17, 15) is 4.79 Å². The summed E-state index contributed by atoms with van der Waals surface area (Å²) in [4.78, 5) is 17.5. The van der Waals surface area contributed by atoms with E-state index in [-0.39, 0.29) is 0 Å². The van der Waals surface area contributed by atoms with Crippen molar-refractivity contribution in [1.29, 1.82) is 0 Å². The lowest BCUT2D eigenvalue weighted by Crippen LogP contribution is -2.31. The summed E-state index contributed by atoms with van der Waals surface area (Å²) >= 11 is 6.30. The topological polar surface area (TPSA) is 65.5 Å². The Morgan fingerprint density at radius 3 is 2.88 bits per heavy atom. The minimum atomic E-state index is -0.984. The fourth-order valence-electron chi connectivity index (χ4n) is 3.86. The van der Waals surface area contributed by atoms with Crippen LogP contribution in [0.4, 0.5) is 5.82 Å². The lowest BCUT2D eigenvalue weighted by molar-refractivity contribution is -0.131. The van der Waals surface area contributed by atoms with Crippen molar-refractivity contribution in [1.82, 2.24) is 9.88 Å². The first-order valence-electron chi connectivity index (χ1n) is 9.15. The molecule has 5 nitrogen and oxygen atoms in total. The summed E-state index contributed by atoms with van der Waals surface area (Å²) in [7, 11) is 0. The van der Waals surface area contributed by atoms with Gasteiger partial charge in [-0.05, 0) is 42.9 Å². The zero-order chi connectivity index (χ0) is 17.6. The van der Waals surface area contributed by atoms with Crippen LogP contribution in [0, 0.1) is 5.92 Å². The summed E-state index contributed by atoms with van der Waals surface area (Å²) in [5, 5.41) is 12.6. The molecule has 0 unspecified atom stereocenters. The summed E-state index contributed by atoms with van der Waals surface area (Å²) in [6, 6.07) is 2.11. The van der Waals surface area contributed by atoms with Crippen LogP contribution in [0.15, 0.2) is 18.3 Å². The first kappa shape index (κ1) is 18.2. The van der Waals surface area contributed by atoms with Gasteiger partial charge in [0, 0.05) is 37.9 Å². The van der Waals surface area contributed by atoms with E-state index in [1.807, 2.05) is 0 Å². The van der Waals surface area contributed by atoms with Gasteiger partial charge in [-0.1, -0.05) is 30.9 Å². The first-order chi connectivity index (χ1) is 12.1. The van der Waals surface area contributed by atoms with E-state index >= 15 is 0 Å². The van der Waals surface area contributed by atoms with Gasteiger partial charge in [0.1, 0.15) is 5.82 Å². The van der Waals surface area contributed by atoms with Crippen LogP contribution in [0.5, 0.6) is 0 Å². The Bertz CT molecular complexity index is 629. The average molecular weight is 364 g/mol. The molecule has 25 heavy (non-hydrogen) atoms. The Morgan fingerprint density at radius 2 is 2.16 bits per heavy atom. The molecule has 2 aliphatic rings. The number of aromatic nitrogens is 1.